The minimum Gasteiger partial charge on any atom is -0.338 e. The summed E-state index contributed by atoms with van der Waals surface area (Å²) in [6.07, 6.45) is 6.37. The van der Waals surface area contributed by atoms with Gasteiger partial charge in [0.25, 0.3) is 0 Å². The molecule has 1 unspecified atom stereocenters. The minimum atomic E-state index is -3.21. The molecular formula is C16H27N5O3S. The van der Waals surface area contributed by atoms with Crippen LogP contribution >= 0.6 is 0 Å². The van der Waals surface area contributed by atoms with Crippen molar-refractivity contribution in [2.75, 3.05) is 30.7 Å². The van der Waals surface area contributed by atoms with Crippen molar-refractivity contribution < 1.29 is 13.2 Å². The zero-order valence-electron chi connectivity index (χ0n) is 14.6. The van der Waals surface area contributed by atoms with Crippen molar-refractivity contribution in [1.82, 2.24) is 19.8 Å². The molecule has 0 spiro atoms. The molecule has 1 aliphatic heterocycles. The number of aromatic nitrogens is 2. The molecule has 0 radical (unpaired) electrons. The van der Waals surface area contributed by atoms with Crippen LogP contribution in [0.4, 0.5) is 10.5 Å². The fraction of sp³-hybridized carbons (Fsp3) is 0.750. The number of carbonyl (C=O) groups excluding carboxylic acids is 1. The molecule has 2 fully saturated rings. The van der Waals surface area contributed by atoms with Crippen LogP contribution in [0.1, 0.15) is 50.6 Å². The van der Waals surface area contributed by atoms with E-state index < -0.39 is 10.0 Å². The number of nitrogens with zero attached hydrogens (tertiary/aromatic N) is 2. The quantitative estimate of drug-likeness (QED) is 0.682. The summed E-state index contributed by atoms with van der Waals surface area (Å²) in [6, 6.07) is -0.283. The van der Waals surface area contributed by atoms with Crippen molar-refractivity contribution in [3.05, 3.63) is 11.9 Å². The summed E-state index contributed by atoms with van der Waals surface area (Å²) in [5, 5.41) is 12.4. The highest BCUT2D eigenvalue weighted by Crippen LogP contribution is 2.34. The Morgan fingerprint density at radius 3 is 2.92 bits per heavy atom. The molecule has 1 aliphatic carbocycles. The van der Waals surface area contributed by atoms with Gasteiger partial charge in [-0.15, -0.1) is 0 Å². The first-order valence-corrected chi connectivity index (χ1v) is 10.7. The van der Waals surface area contributed by atoms with Crippen LogP contribution in [0.5, 0.6) is 0 Å². The summed E-state index contributed by atoms with van der Waals surface area (Å²) in [5.74, 6) is 0.872. The van der Waals surface area contributed by atoms with Gasteiger partial charge in [-0.1, -0.05) is 12.8 Å². The lowest BCUT2D eigenvalue weighted by Gasteiger charge is -2.31. The molecule has 3 rings (SSSR count). The predicted octanol–water partition coefficient (Wildman–Crippen LogP) is 1.86. The zero-order chi connectivity index (χ0) is 17.9. The molecule has 2 heterocycles. The van der Waals surface area contributed by atoms with E-state index in [2.05, 4.69) is 20.8 Å². The van der Waals surface area contributed by atoms with Crippen molar-refractivity contribution in [3.8, 4) is 0 Å². The molecule has 1 saturated carbocycles. The molecule has 2 amide bonds. The van der Waals surface area contributed by atoms with Crippen LogP contribution in [-0.2, 0) is 10.0 Å². The zero-order valence-corrected chi connectivity index (χ0v) is 15.4. The maximum Gasteiger partial charge on any atom is 0.319 e. The maximum atomic E-state index is 12.6. The Labute approximate surface area is 148 Å². The van der Waals surface area contributed by atoms with Gasteiger partial charge in [0.15, 0.2) is 0 Å². The van der Waals surface area contributed by atoms with E-state index in [-0.39, 0.29) is 17.7 Å². The Morgan fingerprint density at radius 1 is 1.40 bits per heavy atom. The number of piperidine rings is 1. The van der Waals surface area contributed by atoms with Crippen LogP contribution in [0.25, 0.3) is 0 Å². The van der Waals surface area contributed by atoms with Gasteiger partial charge in [0.2, 0.25) is 10.0 Å². The summed E-state index contributed by atoms with van der Waals surface area (Å²) >= 11 is 0. The van der Waals surface area contributed by atoms with E-state index in [1.54, 1.807) is 10.5 Å². The average Bonchev–Trinajstić information content (AvgIpc) is 3.31. The van der Waals surface area contributed by atoms with Gasteiger partial charge in [-0.3, -0.25) is 5.10 Å². The summed E-state index contributed by atoms with van der Waals surface area (Å²) < 4.78 is 26.8. The van der Waals surface area contributed by atoms with E-state index in [1.165, 1.54) is 12.8 Å². The van der Waals surface area contributed by atoms with E-state index >= 15 is 0 Å². The number of sulfonamides is 1. The molecule has 3 N–H and O–H groups in total. The minimum absolute atomic E-state index is 0.0175. The number of hydrogen-bond donors (Lipinski definition) is 3. The van der Waals surface area contributed by atoms with Gasteiger partial charge in [-0.05, 0) is 32.1 Å². The Kier molecular flexibility index (Phi) is 5.63. The summed E-state index contributed by atoms with van der Waals surface area (Å²) in [6.45, 7) is 3.41. The highest BCUT2D eigenvalue weighted by molar-refractivity contribution is 7.89. The fourth-order valence-electron chi connectivity index (χ4n) is 3.32. The molecule has 8 nitrogen and oxygen atoms in total. The van der Waals surface area contributed by atoms with Crippen LogP contribution in [0.2, 0.25) is 0 Å². The summed E-state index contributed by atoms with van der Waals surface area (Å²) in [7, 11) is -3.21. The smallest absolute Gasteiger partial charge is 0.319 e. The molecular weight excluding hydrogens is 342 g/mol. The topological polar surface area (TPSA) is 107 Å². The second-order valence-corrected chi connectivity index (χ2v) is 9.02. The van der Waals surface area contributed by atoms with Crippen LogP contribution in [0.3, 0.4) is 0 Å². The van der Waals surface area contributed by atoms with Crippen molar-refractivity contribution in [2.45, 2.75) is 44.9 Å². The first-order valence-electron chi connectivity index (χ1n) is 9.05. The van der Waals surface area contributed by atoms with Crippen molar-refractivity contribution in [2.24, 2.45) is 5.92 Å². The van der Waals surface area contributed by atoms with E-state index in [1.807, 2.05) is 6.92 Å². The largest absolute Gasteiger partial charge is 0.338 e. The number of aromatic amines is 1. The van der Waals surface area contributed by atoms with Gasteiger partial charge in [-0.25, -0.2) is 17.5 Å². The van der Waals surface area contributed by atoms with Gasteiger partial charge in [0, 0.05) is 25.6 Å². The van der Waals surface area contributed by atoms with Gasteiger partial charge < -0.3 is 10.6 Å². The Bertz CT molecular complexity index is 698. The number of nitrogens with one attached hydrogen (secondary N) is 3. The van der Waals surface area contributed by atoms with Crippen molar-refractivity contribution in [1.29, 1.82) is 0 Å². The second kappa shape index (κ2) is 7.74. The van der Waals surface area contributed by atoms with Crippen molar-refractivity contribution in [3.63, 3.8) is 0 Å². The Balaban J connectivity index is 1.65. The third-order valence-electron chi connectivity index (χ3n) is 4.92. The number of urea groups is 1. The normalized spacial score (nSPS) is 21.9. The van der Waals surface area contributed by atoms with E-state index in [4.69, 9.17) is 0 Å². The Hall–Kier alpha value is -1.61. The van der Waals surface area contributed by atoms with Crippen LogP contribution in [0, 0.1) is 5.92 Å². The number of rotatable bonds is 7. The predicted molar refractivity (Wildman–Crippen MR) is 96.0 cm³/mol. The number of amides is 2. The van der Waals surface area contributed by atoms with Gasteiger partial charge in [0.05, 0.1) is 23.3 Å². The maximum absolute atomic E-state index is 12.6. The molecule has 25 heavy (non-hydrogen) atoms. The number of anilines is 1. The molecule has 1 atom stereocenters. The first kappa shape index (κ1) is 18.2. The number of carbonyl (C=O) groups is 1. The lowest BCUT2D eigenvalue weighted by atomic mass is 9.95. The van der Waals surface area contributed by atoms with E-state index in [9.17, 15) is 13.2 Å². The number of H-pyrrole nitrogens is 1. The lowest BCUT2D eigenvalue weighted by Crippen LogP contribution is -2.40. The average molecular weight is 369 g/mol. The summed E-state index contributed by atoms with van der Waals surface area (Å²) in [4.78, 5) is 11.8. The molecule has 140 valence electrons. The standard InChI is InChI=1S/C16H27N5O3S/c1-2-17-16(22)19-14-10-18-20-15(14)13-4-3-8-21(11-13)25(23,24)9-7-12-5-6-12/h10,12-13H,2-9,11H2,1H3,(H,18,20)(H2,17,19,22). The third kappa shape index (κ3) is 4.72. The van der Waals surface area contributed by atoms with Gasteiger partial charge in [-0.2, -0.15) is 5.10 Å². The second-order valence-electron chi connectivity index (χ2n) is 6.93. The first-order chi connectivity index (χ1) is 12.0. The van der Waals surface area contributed by atoms with E-state index in [0.717, 1.165) is 25.0 Å². The van der Waals surface area contributed by atoms with E-state index in [0.29, 0.717) is 31.2 Å². The monoisotopic (exact) mass is 369 g/mol. The van der Waals surface area contributed by atoms with Crippen LogP contribution in [-0.4, -0.2) is 54.3 Å². The highest BCUT2D eigenvalue weighted by atomic mass is 32.2. The molecule has 0 bridgehead atoms. The molecule has 9 heteroatoms. The fourth-order valence-corrected chi connectivity index (χ4v) is 5.02. The highest BCUT2D eigenvalue weighted by Gasteiger charge is 2.33. The molecule has 1 aromatic heterocycles. The third-order valence-corrected chi connectivity index (χ3v) is 6.79. The van der Waals surface area contributed by atoms with Crippen molar-refractivity contribution >= 4 is 21.7 Å². The lowest BCUT2D eigenvalue weighted by molar-refractivity contribution is 0.252. The number of hydrogen-bond acceptors (Lipinski definition) is 4. The van der Waals surface area contributed by atoms with Gasteiger partial charge >= 0.3 is 6.03 Å². The molecule has 0 aromatic carbocycles. The SMILES string of the molecule is CCNC(=O)Nc1cn[nH]c1C1CCCN(S(=O)(=O)CCC2CC2)C1. The van der Waals surface area contributed by atoms with Crippen LogP contribution < -0.4 is 10.6 Å². The molecule has 1 saturated heterocycles. The Morgan fingerprint density at radius 2 is 2.20 bits per heavy atom. The van der Waals surface area contributed by atoms with Crippen LogP contribution in [0.15, 0.2) is 6.20 Å². The molecule has 2 aliphatic rings. The molecule has 1 aromatic rings. The van der Waals surface area contributed by atoms with Gasteiger partial charge in [0.1, 0.15) is 0 Å². The summed E-state index contributed by atoms with van der Waals surface area (Å²) in [5.41, 5.74) is 1.42.